The first-order valence-corrected chi connectivity index (χ1v) is 7.37. The van der Waals surface area contributed by atoms with Gasteiger partial charge >= 0.3 is 0 Å². The number of nitrogens with one attached hydrogen (secondary N) is 1. The van der Waals surface area contributed by atoms with Crippen LogP contribution in [-0.2, 0) is 4.74 Å². The van der Waals surface area contributed by atoms with E-state index < -0.39 is 0 Å². The van der Waals surface area contributed by atoms with Crippen LogP contribution in [0.1, 0.15) is 50.2 Å². The molecule has 1 aromatic rings. The van der Waals surface area contributed by atoms with E-state index in [4.69, 9.17) is 4.74 Å². The topological polar surface area (TPSA) is 21.3 Å². The van der Waals surface area contributed by atoms with Gasteiger partial charge in [0.25, 0.3) is 0 Å². The van der Waals surface area contributed by atoms with Crippen LogP contribution in [0.5, 0.6) is 0 Å². The Morgan fingerprint density at radius 3 is 2.56 bits per heavy atom. The second-order valence-corrected chi connectivity index (χ2v) is 5.58. The van der Waals surface area contributed by atoms with E-state index in [9.17, 15) is 0 Å². The van der Waals surface area contributed by atoms with Gasteiger partial charge < -0.3 is 10.1 Å². The lowest BCUT2D eigenvalue weighted by atomic mass is 9.92. The molecule has 2 heteroatoms. The first-order chi connectivity index (χ1) is 8.93. The first-order valence-electron chi connectivity index (χ1n) is 7.37. The van der Waals surface area contributed by atoms with Crippen molar-refractivity contribution in [1.82, 2.24) is 5.32 Å². The molecule has 2 aliphatic rings. The summed E-state index contributed by atoms with van der Waals surface area (Å²) in [5, 5.41) is 3.71. The van der Waals surface area contributed by atoms with Crippen molar-refractivity contribution in [3.8, 4) is 0 Å². The molecule has 18 heavy (non-hydrogen) atoms. The molecule has 0 spiro atoms. The van der Waals surface area contributed by atoms with E-state index in [0.717, 1.165) is 6.54 Å². The normalized spacial score (nSPS) is 33.2. The van der Waals surface area contributed by atoms with Gasteiger partial charge in [0.2, 0.25) is 0 Å². The highest BCUT2D eigenvalue weighted by atomic mass is 16.5. The van der Waals surface area contributed by atoms with Crippen LogP contribution in [0, 0.1) is 0 Å². The molecular formula is C16H23NO. The summed E-state index contributed by atoms with van der Waals surface area (Å²) in [6.45, 7) is 0.963. The third-order valence-corrected chi connectivity index (χ3v) is 4.28. The minimum Gasteiger partial charge on any atom is -0.367 e. The third-order valence-electron chi connectivity index (χ3n) is 4.28. The molecule has 1 saturated heterocycles. The summed E-state index contributed by atoms with van der Waals surface area (Å²) >= 11 is 0. The number of morpholine rings is 1. The number of hydrogen-bond donors (Lipinski definition) is 1. The van der Waals surface area contributed by atoms with Gasteiger partial charge in [0.05, 0.1) is 12.2 Å². The molecule has 2 nitrogen and oxygen atoms in total. The average Bonchev–Trinajstić information content (AvgIpc) is 2.40. The van der Waals surface area contributed by atoms with Crippen molar-refractivity contribution < 1.29 is 4.74 Å². The summed E-state index contributed by atoms with van der Waals surface area (Å²) in [6.07, 6.45) is 8.62. The summed E-state index contributed by atoms with van der Waals surface area (Å²) in [4.78, 5) is 0. The number of rotatable bonds is 1. The number of benzene rings is 1. The Kier molecular flexibility index (Phi) is 3.96. The Hall–Kier alpha value is -0.860. The van der Waals surface area contributed by atoms with Crippen LogP contribution < -0.4 is 5.32 Å². The fourth-order valence-corrected chi connectivity index (χ4v) is 3.23. The molecule has 1 aromatic carbocycles. The molecule has 1 saturated carbocycles. The fraction of sp³-hybridized carbons (Fsp3) is 0.625. The van der Waals surface area contributed by atoms with Gasteiger partial charge in [-0.05, 0) is 18.4 Å². The summed E-state index contributed by atoms with van der Waals surface area (Å²) in [5.41, 5.74) is 1.31. The molecule has 3 unspecified atom stereocenters. The van der Waals surface area contributed by atoms with E-state index in [-0.39, 0.29) is 6.10 Å². The lowest BCUT2D eigenvalue weighted by Crippen LogP contribution is -2.49. The minimum absolute atomic E-state index is 0.242. The molecule has 1 heterocycles. The van der Waals surface area contributed by atoms with Gasteiger partial charge in [-0.25, -0.2) is 0 Å². The second-order valence-electron chi connectivity index (χ2n) is 5.58. The van der Waals surface area contributed by atoms with Crippen LogP contribution in [-0.4, -0.2) is 18.7 Å². The van der Waals surface area contributed by atoms with Crippen LogP contribution >= 0.6 is 0 Å². The van der Waals surface area contributed by atoms with Gasteiger partial charge in [0.15, 0.2) is 0 Å². The highest BCUT2D eigenvalue weighted by Gasteiger charge is 2.31. The minimum atomic E-state index is 0.242. The molecule has 3 atom stereocenters. The molecule has 98 valence electrons. The van der Waals surface area contributed by atoms with Crippen LogP contribution in [0.2, 0.25) is 0 Å². The maximum Gasteiger partial charge on any atom is 0.0953 e. The van der Waals surface area contributed by atoms with Crippen molar-refractivity contribution in [2.75, 3.05) is 6.54 Å². The van der Waals surface area contributed by atoms with E-state index in [1.807, 2.05) is 0 Å². The summed E-state index contributed by atoms with van der Waals surface area (Å²) < 4.78 is 6.35. The van der Waals surface area contributed by atoms with Gasteiger partial charge in [0.1, 0.15) is 0 Å². The number of hydrogen-bond acceptors (Lipinski definition) is 2. The molecular weight excluding hydrogens is 222 g/mol. The van der Waals surface area contributed by atoms with E-state index in [2.05, 4.69) is 35.6 Å². The maximum atomic E-state index is 6.35. The number of fused-ring (bicyclic) bond motifs is 1. The van der Waals surface area contributed by atoms with Crippen molar-refractivity contribution >= 4 is 0 Å². The zero-order chi connectivity index (χ0) is 12.2. The second kappa shape index (κ2) is 5.85. The molecule has 1 N–H and O–H groups in total. The molecule has 1 aliphatic heterocycles. The van der Waals surface area contributed by atoms with Crippen molar-refractivity contribution in [3.05, 3.63) is 35.9 Å². The predicted molar refractivity (Wildman–Crippen MR) is 73.5 cm³/mol. The molecule has 0 aromatic heterocycles. The monoisotopic (exact) mass is 245 g/mol. The molecule has 0 bridgehead atoms. The first kappa shape index (κ1) is 12.2. The molecule has 0 radical (unpaired) electrons. The van der Waals surface area contributed by atoms with E-state index in [1.165, 1.54) is 44.1 Å². The lowest BCUT2D eigenvalue weighted by Gasteiger charge is -2.39. The quantitative estimate of drug-likeness (QED) is 0.818. The molecule has 2 fully saturated rings. The zero-order valence-electron chi connectivity index (χ0n) is 11.0. The van der Waals surface area contributed by atoms with Crippen LogP contribution in [0.3, 0.4) is 0 Å². The van der Waals surface area contributed by atoms with Crippen LogP contribution in [0.15, 0.2) is 30.3 Å². The Balaban J connectivity index is 1.67. The van der Waals surface area contributed by atoms with Crippen LogP contribution in [0.4, 0.5) is 0 Å². The molecule has 1 aliphatic carbocycles. The summed E-state index contributed by atoms with van der Waals surface area (Å²) in [7, 11) is 0. The van der Waals surface area contributed by atoms with Gasteiger partial charge in [-0.15, -0.1) is 0 Å². The van der Waals surface area contributed by atoms with Crippen molar-refractivity contribution in [3.63, 3.8) is 0 Å². The third kappa shape index (κ3) is 2.76. The molecule has 0 amide bonds. The van der Waals surface area contributed by atoms with Crippen LogP contribution in [0.25, 0.3) is 0 Å². The van der Waals surface area contributed by atoms with E-state index in [0.29, 0.717) is 12.1 Å². The smallest absolute Gasteiger partial charge is 0.0953 e. The summed E-state index contributed by atoms with van der Waals surface area (Å²) in [6, 6.07) is 11.2. The zero-order valence-corrected chi connectivity index (χ0v) is 11.0. The molecule has 3 rings (SSSR count). The summed E-state index contributed by atoms with van der Waals surface area (Å²) in [5.74, 6) is 0. The standard InChI is InChI=1S/C16H23NO/c1-2-7-11-15-14(10-6-1)17-12-16(18-15)13-8-4-3-5-9-13/h3-5,8-9,14-17H,1-2,6-7,10-12H2. The maximum absolute atomic E-state index is 6.35. The Labute approximate surface area is 110 Å². The number of ether oxygens (including phenoxy) is 1. The highest BCUT2D eigenvalue weighted by molar-refractivity contribution is 5.18. The lowest BCUT2D eigenvalue weighted by molar-refractivity contribution is -0.0730. The van der Waals surface area contributed by atoms with E-state index >= 15 is 0 Å². The Morgan fingerprint density at radius 1 is 0.944 bits per heavy atom. The van der Waals surface area contributed by atoms with E-state index in [1.54, 1.807) is 0 Å². The largest absolute Gasteiger partial charge is 0.367 e. The average molecular weight is 245 g/mol. The van der Waals surface area contributed by atoms with Gasteiger partial charge in [-0.3, -0.25) is 0 Å². The predicted octanol–water partition coefficient (Wildman–Crippen LogP) is 3.44. The Morgan fingerprint density at radius 2 is 1.72 bits per heavy atom. The van der Waals surface area contributed by atoms with Gasteiger partial charge in [-0.2, -0.15) is 0 Å². The SMILES string of the molecule is c1ccc(C2CNC3CCCCCCC3O2)cc1. The Bertz CT molecular complexity index is 365. The van der Waals surface area contributed by atoms with Gasteiger partial charge in [-0.1, -0.05) is 56.0 Å². The van der Waals surface area contributed by atoms with Crippen molar-refractivity contribution in [2.24, 2.45) is 0 Å². The van der Waals surface area contributed by atoms with Crippen molar-refractivity contribution in [1.29, 1.82) is 0 Å². The highest BCUT2D eigenvalue weighted by Crippen LogP contribution is 2.29. The van der Waals surface area contributed by atoms with Gasteiger partial charge in [0, 0.05) is 12.6 Å². The fourth-order valence-electron chi connectivity index (χ4n) is 3.23. The van der Waals surface area contributed by atoms with Crippen molar-refractivity contribution in [2.45, 2.75) is 56.8 Å².